The number of aliphatic hydroxyl groups excluding tert-OH is 2. The molecule has 2 fully saturated rings. The van der Waals surface area contributed by atoms with Crippen LogP contribution in [0, 0.1) is 6.92 Å². The lowest BCUT2D eigenvalue weighted by Crippen LogP contribution is -2.69. The lowest BCUT2D eigenvalue weighted by Gasteiger charge is -2.51. The zero-order valence-electron chi connectivity index (χ0n) is 18.2. The van der Waals surface area contributed by atoms with Crippen LogP contribution in [-0.2, 0) is 9.47 Å². The van der Waals surface area contributed by atoms with Gasteiger partial charge >= 0.3 is 5.63 Å². The van der Waals surface area contributed by atoms with Gasteiger partial charge in [0.25, 0.3) is 0 Å². The van der Waals surface area contributed by atoms with Gasteiger partial charge in [-0.2, -0.15) is 0 Å². The first kappa shape index (κ1) is 22.5. The molecular formula is C23H30O7. The van der Waals surface area contributed by atoms with Crippen LogP contribution in [0.4, 0.5) is 0 Å². The van der Waals surface area contributed by atoms with Gasteiger partial charge < -0.3 is 28.8 Å². The van der Waals surface area contributed by atoms with Crippen LogP contribution in [0.5, 0.6) is 5.75 Å². The SMILES string of the molecule is COc1cc(=O)oc(/C=C/C=C/C=C/[C@]2(C)O[C@]3(C)[C@@H](O)[C@@](C)(O[C@@H]3C)[C@@H]2O)c1C. The molecule has 30 heavy (non-hydrogen) atoms. The van der Waals surface area contributed by atoms with E-state index in [1.165, 1.54) is 13.2 Å². The molecule has 7 heteroatoms. The van der Waals surface area contributed by atoms with Crippen molar-refractivity contribution in [1.29, 1.82) is 0 Å². The molecule has 3 rings (SSSR count). The molecule has 7 nitrogen and oxygen atoms in total. The minimum Gasteiger partial charge on any atom is -0.496 e. The van der Waals surface area contributed by atoms with Crippen LogP contribution in [0.2, 0.25) is 0 Å². The Morgan fingerprint density at radius 2 is 1.73 bits per heavy atom. The largest absolute Gasteiger partial charge is 0.496 e. The summed E-state index contributed by atoms with van der Waals surface area (Å²) in [6.45, 7) is 8.92. The Bertz CT molecular complexity index is 945. The van der Waals surface area contributed by atoms with Gasteiger partial charge in [-0.15, -0.1) is 0 Å². The number of ether oxygens (including phenoxy) is 3. The number of allylic oxidation sites excluding steroid dienone is 4. The second-order valence-corrected chi connectivity index (χ2v) is 8.44. The van der Waals surface area contributed by atoms with Crippen LogP contribution in [0.15, 0.2) is 45.7 Å². The third kappa shape index (κ3) is 3.56. The van der Waals surface area contributed by atoms with Crippen molar-refractivity contribution < 1.29 is 28.8 Å². The predicted octanol–water partition coefficient (Wildman–Crippen LogP) is 2.53. The van der Waals surface area contributed by atoms with Gasteiger partial charge in [-0.1, -0.05) is 30.4 Å². The van der Waals surface area contributed by atoms with E-state index in [1.807, 2.05) is 6.92 Å². The van der Waals surface area contributed by atoms with Gasteiger partial charge in [0, 0.05) is 5.56 Å². The summed E-state index contributed by atoms with van der Waals surface area (Å²) in [6.07, 6.45) is 8.11. The van der Waals surface area contributed by atoms with E-state index in [-0.39, 0.29) is 6.10 Å². The fourth-order valence-electron chi connectivity index (χ4n) is 4.37. The third-order valence-electron chi connectivity index (χ3n) is 6.28. The summed E-state index contributed by atoms with van der Waals surface area (Å²) in [5.74, 6) is 0.893. The molecule has 2 N–H and O–H groups in total. The zero-order chi connectivity index (χ0) is 22.3. The molecule has 2 saturated heterocycles. The molecule has 2 aliphatic rings. The first-order valence-electron chi connectivity index (χ1n) is 9.93. The number of hydrogen-bond donors (Lipinski definition) is 2. The quantitative estimate of drug-likeness (QED) is 0.709. The van der Waals surface area contributed by atoms with Crippen molar-refractivity contribution >= 4 is 6.08 Å². The van der Waals surface area contributed by atoms with E-state index >= 15 is 0 Å². The molecule has 1 aromatic heterocycles. The molecule has 0 amide bonds. The average Bonchev–Trinajstić information content (AvgIpc) is 2.82. The summed E-state index contributed by atoms with van der Waals surface area (Å²) < 4.78 is 22.4. The van der Waals surface area contributed by atoms with Crippen molar-refractivity contribution in [3.63, 3.8) is 0 Å². The molecule has 0 aliphatic carbocycles. The summed E-state index contributed by atoms with van der Waals surface area (Å²) in [6, 6.07) is 1.30. The Hall–Kier alpha value is -2.19. The van der Waals surface area contributed by atoms with Crippen molar-refractivity contribution in [3.8, 4) is 5.75 Å². The van der Waals surface area contributed by atoms with E-state index in [0.717, 1.165) is 5.56 Å². The number of hydrogen-bond acceptors (Lipinski definition) is 7. The van der Waals surface area contributed by atoms with Crippen LogP contribution >= 0.6 is 0 Å². The maximum atomic E-state index is 11.6. The Kier molecular flexibility index (Phi) is 5.86. The predicted molar refractivity (Wildman–Crippen MR) is 112 cm³/mol. The standard InChI is InChI=1S/C23H30O7/c1-14-16(28-18(24)13-17(14)27-6)11-9-7-8-10-12-21(3)19(25)23(5)20(26)22(4,30-21)15(2)29-23/h7-13,15,19-20,25-26H,1-6H3/b8-7+,11-9+,12-10+/t15-,19-,20-,21+,22+,23+/m1/s1. The van der Waals surface area contributed by atoms with Gasteiger partial charge in [-0.25, -0.2) is 4.79 Å². The number of aliphatic hydroxyl groups is 2. The van der Waals surface area contributed by atoms with Crippen LogP contribution in [-0.4, -0.2) is 52.4 Å². The Morgan fingerprint density at radius 3 is 2.40 bits per heavy atom. The Morgan fingerprint density at radius 1 is 1.07 bits per heavy atom. The summed E-state index contributed by atoms with van der Waals surface area (Å²) in [5.41, 5.74) is -2.81. The highest BCUT2D eigenvalue weighted by atomic mass is 16.6. The Balaban J connectivity index is 1.74. The second kappa shape index (κ2) is 7.81. The first-order chi connectivity index (χ1) is 14.0. The molecule has 2 aliphatic heterocycles. The highest BCUT2D eigenvalue weighted by Gasteiger charge is 2.70. The van der Waals surface area contributed by atoms with Gasteiger partial charge in [-0.05, 0) is 40.7 Å². The van der Waals surface area contributed by atoms with Crippen LogP contribution in [0.3, 0.4) is 0 Å². The average molecular weight is 418 g/mol. The molecule has 6 atom stereocenters. The van der Waals surface area contributed by atoms with Crippen molar-refractivity contribution in [2.75, 3.05) is 7.11 Å². The zero-order valence-corrected chi connectivity index (χ0v) is 18.2. The molecule has 2 bridgehead atoms. The number of fused-ring (bicyclic) bond motifs is 2. The molecular weight excluding hydrogens is 388 g/mol. The minimum absolute atomic E-state index is 0.360. The van der Waals surface area contributed by atoms with Crippen molar-refractivity contribution in [1.82, 2.24) is 0 Å². The van der Waals surface area contributed by atoms with Gasteiger partial charge in [0.15, 0.2) is 0 Å². The van der Waals surface area contributed by atoms with Gasteiger partial charge in [-0.3, -0.25) is 0 Å². The smallest absolute Gasteiger partial charge is 0.339 e. The van der Waals surface area contributed by atoms with Gasteiger partial charge in [0.1, 0.15) is 40.5 Å². The highest BCUT2D eigenvalue weighted by Crippen LogP contribution is 2.52. The van der Waals surface area contributed by atoms with Crippen molar-refractivity contribution in [3.05, 3.63) is 58.2 Å². The maximum Gasteiger partial charge on any atom is 0.339 e. The van der Waals surface area contributed by atoms with E-state index in [1.54, 1.807) is 64.2 Å². The lowest BCUT2D eigenvalue weighted by molar-refractivity contribution is -0.261. The molecule has 0 unspecified atom stereocenters. The second-order valence-electron chi connectivity index (χ2n) is 8.44. The summed E-state index contributed by atoms with van der Waals surface area (Å²) >= 11 is 0. The molecule has 3 heterocycles. The summed E-state index contributed by atoms with van der Waals surface area (Å²) in [7, 11) is 1.50. The fourth-order valence-corrected chi connectivity index (χ4v) is 4.37. The van der Waals surface area contributed by atoms with Crippen LogP contribution < -0.4 is 10.4 Å². The monoisotopic (exact) mass is 418 g/mol. The van der Waals surface area contributed by atoms with E-state index in [2.05, 4.69) is 0 Å². The van der Waals surface area contributed by atoms with Crippen molar-refractivity contribution in [2.24, 2.45) is 0 Å². The fraction of sp³-hybridized carbons (Fsp3) is 0.522. The number of methoxy groups -OCH3 is 1. The molecule has 0 aromatic carbocycles. The first-order valence-corrected chi connectivity index (χ1v) is 9.93. The molecule has 0 radical (unpaired) electrons. The van der Waals surface area contributed by atoms with E-state index < -0.39 is 34.6 Å². The van der Waals surface area contributed by atoms with Crippen LogP contribution in [0.1, 0.15) is 39.0 Å². The Labute approximate surface area is 176 Å². The lowest BCUT2D eigenvalue weighted by atomic mass is 9.73. The third-order valence-corrected chi connectivity index (χ3v) is 6.28. The maximum absolute atomic E-state index is 11.6. The molecule has 0 spiro atoms. The van der Waals surface area contributed by atoms with E-state index in [0.29, 0.717) is 11.5 Å². The van der Waals surface area contributed by atoms with Crippen molar-refractivity contribution in [2.45, 2.75) is 69.7 Å². The minimum atomic E-state index is -1.11. The van der Waals surface area contributed by atoms with E-state index in [4.69, 9.17) is 18.6 Å². The van der Waals surface area contributed by atoms with Gasteiger partial charge in [0.05, 0.1) is 19.3 Å². The number of rotatable bonds is 5. The van der Waals surface area contributed by atoms with Crippen LogP contribution in [0.25, 0.3) is 6.08 Å². The molecule has 0 saturated carbocycles. The topological polar surface area (TPSA) is 98.4 Å². The summed E-state index contributed by atoms with van der Waals surface area (Å²) in [5, 5.41) is 21.5. The van der Waals surface area contributed by atoms with Gasteiger partial charge in [0.2, 0.25) is 0 Å². The molecule has 1 aromatic rings. The normalized spacial score (nSPS) is 38.9. The highest BCUT2D eigenvalue weighted by molar-refractivity contribution is 5.52. The van der Waals surface area contributed by atoms with E-state index in [9.17, 15) is 15.0 Å². The summed E-state index contributed by atoms with van der Waals surface area (Å²) in [4.78, 5) is 11.6. The molecule has 164 valence electrons.